The Morgan fingerprint density at radius 2 is 2.07 bits per heavy atom. The van der Waals surface area contributed by atoms with Crippen LogP contribution >= 0.6 is 0 Å². The molecule has 0 radical (unpaired) electrons. The monoisotopic (exact) mass is 410 g/mol. The van der Waals surface area contributed by atoms with E-state index >= 15 is 0 Å². The Morgan fingerprint density at radius 3 is 2.83 bits per heavy atom. The number of rotatable bonds is 7. The quantitative estimate of drug-likeness (QED) is 0.590. The molecule has 2 heterocycles. The van der Waals surface area contributed by atoms with E-state index in [1.54, 1.807) is 19.1 Å². The van der Waals surface area contributed by atoms with Gasteiger partial charge in [-0.3, -0.25) is 4.79 Å². The van der Waals surface area contributed by atoms with Crippen molar-refractivity contribution in [3.05, 3.63) is 47.6 Å². The van der Waals surface area contributed by atoms with E-state index in [0.29, 0.717) is 29.0 Å². The fraction of sp³-hybridized carbons (Fsp3) is 0.364. The van der Waals surface area contributed by atoms with Crippen molar-refractivity contribution < 1.29 is 18.4 Å². The van der Waals surface area contributed by atoms with Crippen LogP contribution in [-0.4, -0.2) is 34.2 Å². The Bertz CT molecular complexity index is 1080. The summed E-state index contributed by atoms with van der Waals surface area (Å²) >= 11 is 0. The van der Waals surface area contributed by atoms with E-state index in [1.165, 1.54) is 30.5 Å². The van der Waals surface area contributed by atoms with Gasteiger partial charge in [-0.15, -0.1) is 0 Å². The van der Waals surface area contributed by atoms with E-state index in [1.807, 2.05) is 0 Å². The zero-order valence-electron chi connectivity index (χ0n) is 16.8. The molecule has 0 atom stereocenters. The molecule has 0 bridgehead atoms. The predicted octanol–water partition coefficient (Wildman–Crippen LogP) is 4.12. The minimum absolute atomic E-state index is 0.182. The van der Waals surface area contributed by atoms with Gasteiger partial charge in [0.2, 0.25) is 5.88 Å². The van der Waals surface area contributed by atoms with Crippen molar-refractivity contribution in [3.8, 4) is 17.1 Å². The Morgan fingerprint density at radius 1 is 1.23 bits per heavy atom. The molecule has 3 aromatic rings. The van der Waals surface area contributed by atoms with Crippen molar-refractivity contribution in [3.63, 3.8) is 0 Å². The van der Waals surface area contributed by atoms with Gasteiger partial charge in [0.1, 0.15) is 22.7 Å². The Balaban J connectivity index is 1.45. The Labute approximate surface area is 173 Å². The van der Waals surface area contributed by atoms with Gasteiger partial charge in [-0.2, -0.15) is 9.97 Å². The second-order valence-electron chi connectivity index (χ2n) is 7.29. The highest BCUT2D eigenvalue weighted by molar-refractivity contribution is 5.93. The van der Waals surface area contributed by atoms with Gasteiger partial charge in [-0.05, 0) is 63.3 Å². The summed E-state index contributed by atoms with van der Waals surface area (Å²) < 4.78 is 24.3. The molecule has 0 spiro atoms. The van der Waals surface area contributed by atoms with Crippen LogP contribution in [0.2, 0.25) is 0 Å². The first-order chi connectivity index (χ1) is 14.6. The molecule has 0 fully saturated rings. The van der Waals surface area contributed by atoms with E-state index in [-0.39, 0.29) is 29.9 Å². The average Bonchev–Trinajstić information content (AvgIpc) is 3.17. The lowest BCUT2D eigenvalue weighted by atomic mass is 9.97. The first kappa shape index (κ1) is 20.0. The van der Waals surface area contributed by atoms with E-state index in [4.69, 9.17) is 9.26 Å². The van der Waals surface area contributed by atoms with Crippen molar-refractivity contribution in [1.82, 2.24) is 20.4 Å². The van der Waals surface area contributed by atoms with Crippen LogP contribution in [0.3, 0.4) is 0 Å². The van der Waals surface area contributed by atoms with Crippen LogP contribution in [0.1, 0.15) is 37.9 Å². The molecule has 7 nitrogen and oxygen atoms in total. The van der Waals surface area contributed by atoms with Crippen molar-refractivity contribution in [1.29, 1.82) is 0 Å². The lowest BCUT2D eigenvalue weighted by Gasteiger charge is -2.13. The van der Waals surface area contributed by atoms with Crippen molar-refractivity contribution in [2.45, 2.75) is 39.0 Å². The first-order valence-corrected chi connectivity index (χ1v) is 10.1. The number of fused-ring (bicyclic) bond motifs is 1. The molecule has 1 aromatic carbocycles. The molecular weight excluding hydrogens is 387 g/mol. The number of aromatic nitrogens is 3. The maximum Gasteiger partial charge on any atom is 0.265 e. The molecule has 1 aliphatic rings. The summed E-state index contributed by atoms with van der Waals surface area (Å²) in [6.07, 6.45) is 7.85. The van der Waals surface area contributed by atoms with Gasteiger partial charge < -0.3 is 14.6 Å². The topological polar surface area (TPSA) is 90.1 Å². The molecular formula is C22H23FN4O3. The normalized spacial score (nSPS) is 13.9. The van der Waals surface area contributed by atoms with Crippen LogP contribution < -0.4 is 10.1 Å². The maximum atomic E-state index is 13.3. The van der Waals surface area contributed by atoms with Gasteiger partial charge in [-0.25, -0.2) is 4.39 Å². The lowest BCUT2D eigenvalue weighted by molar-refractivity contribution is -0.123. The molecule has 1 amide bonds. The van der Waals surface area contributed by atoms with E-state index < -0.39 is 0 Å². The third-order valence-corrected chi connectivity index (χ3v) is 5.03. The lowest BCUT2D eigenvalue weighted by Crippen LogP contribution is -2.30. The Kier molecular flexibility index (Phi) is 6.02. The number of allylic oxidation sites excluding steroid dienone is 1. The fourth-order valence-electron chi connectivity index (χ4n) is 3.51. The second kappa shape index (κ2) is 9.02. The highest BCUT2D eigenvalue weighted by Gasteiger charge is 2.20. The predicted molar refractivity (Wildman–Crippen MR) is 109 cm³/mol. The van der Waals surface area contributed by atoms with Crippen molar-refractivity contribution in [2.75, 3.05) is 13.2 Å². The van der Waals surface area contributed by atoms with Crippen LogP contribution in [0.25, 0.3) is 22.4 Å². The summed E-state index contributed by atoms with van der Waals surface area (Å²) in [4.78, 5) is 20.8. The zero-order chi connectivity index (χ0) is 20.9. The number of hydrogen-bond donors (Lipinski definition) is 1. The molecule has 0 aliphatic heterocycles. The number of hydrogen-bond acceptors (Lipinski definition) is 6. The average molecular weight is 410 g/mol. The number of nitrogens with one attached hydrogen (secondary N) is 1. The summed E-state index contributed by atoms with van der Waals surface area (Å²) in [6.45, 7) is 2.10. The van der Waals surface area contributed by atoms with Crippen LogP contribution in [-0.2, 0) is 4.79 Å². The molecule has 8 heteroatoms. The maximum absolute atomic E-state index is 13.3. The van der Waals surface area contributed by atoms with Crippen molar-refractivity contribution in [2.24, 2.45) is 0 Å². The van der Waals surface area contributed by atoms with E-state index in [0.717, 1.165) is 19.3 Å². The number of ether oxygens (including phenoxy) is 1. The molecule has 0 unspecified atom stereocenters. The van der Waals surface area contributed by atoms with E-state index in [2.05, 4.69) is 26.5 Å². The van der Waals surface area contributed by atoms with Gasteiger partial charge in [-0.1, -0.05) is 16.8 Å². The fourth-order valence-corrected chi connectivity index (χ4v) is 3.51. The van der Waals surface area contributed by atoms with Crippen molar-refractivity contribution >= 4 is 17.0 Å². The molecule has 1 aliphatic carbocycles. The Hall–Kier alpha value is -3.29. The summed E-state index contributed by atoms with van der Waals surface area (Å²) in [7, 11) is 0. The third-order valence-electron chi connectivity index (χ3n) is 5.03. The third kappa shape index (κ3) is 4.64. The summed E-state index contributed by atoms with van der Waals surface area (Å²) in [6, 6.07) is 5.84. The van der Waals surface area contributed by atoms with Crippen LogP contribution in [0, 0.1) is 12.7 Å². The molecule has 0 saturated heterocycles. The number of amides is 1. The second-order valence-corrected chi connectivity index (χ2v) is 7.29. The zero-order valence-corrected chi connectivity index (χ0v) is 16.8. The highest BCUT2D eigenvalue weighted by atomic mass is 19.1. The van der Waals surface area contributed by atoms with Gasteiger partial charge in [0.15, 0.2) is 6.61 Å². The largest absolute Gasteiger partial charge is 0.467 e. The van der Waals surface area contributed by atoms with Crippen LogP contribution in [0.5, 0.6) is 5.88 Å². The highest BCUT2D eigenvalue weighted by Crippen LogP contribution is 2.33. The first-order valence-electron chi connectivity index (χ1n) is 10.1. The number of halogens is 1. The SMILES string of the molecule is Cc1nc(OCC(=O)NCCC2=CCCCC2)c2c(-c3ccc(F)cc3)noc2n1. The number of benzene rings is 1. The van der Waals surface area contributed by atoms with Gasteiger partial charge in [0.25, 0.3) is 11.6 Å². The van der Waals surface area contributed by atoms with Crippen LogP contribution in [0.15, 0.2) is 40.4 Å². The van der Waals surface area contributed by atoms with Gasteiger partial charge >= 0.3 is 0 Å². The molecule has 0 saturated carbocycles. The summed E-state index contributed by atoms with van der Waals surface area (Å²) in [5, 5.41) is 7.37. The summed E-state index contributed by atoms with van der Waals surface area (Å²) in [5.74, 6) is 0.0681. The van der Waals surface area contributed by atoms with Crippen LogP contribution in [0.4, 0.5) is 4.39 Å². The number of carbonyl (C=O) groups excluding carboxylic acids is 1. The minimum atomic E-state index is -0.351. The smallest absolute Gasteiger partial charge is 0.265 e. The number of carbonyl (C=O) groups is 1. The molecule has 30 heavy (non-hydrogen) atoms. The molecule has 4 rings (SSSR count). The minimum Gasteiger partial charge on any atom is -0.467 e. The molecule has 1 N–H and O–H groups in total. The van der Waals surface area contributed by atoms with Gasteiger partial charge in [0.05, 0.1) is 0 Å². The summed E-state index contributed by atoms with van der Waals surface area (Å²) in [5.41, 5.74) is 2.73. The van der Waals surface area contributed by atoms with E-state index in [9.17, 15) is 9.18 Å². The standard InChI is InChI=1S/C22H23FN4O3/c1-14-25-21(29-13-18(28)24-12-11-15-5-3-2-4-6-15)19-20(27-30-22(19)26-14)16-7-9-17(23)10-8-16/h5,7-10H,2-4,6,11-13H2,1H3,(H,24,28). The number of nitrogens with zero attached hydrogens (tertiary/aromatic N) is 3. The van der Waals surface area contributed by atoms with Gasteiger partial charge in [0, 0.05) is 12.1 Å². The number of aryl methyl sites for hydroxylation is 1. The molecule has 156 valence electrons. The molecule has 2 aromatic heterocycles.